The van der Waals surface area contributed by atoms with Crippen LogP contribution in [0.1, 0.15) is 5.76 Å². The Morgan fingerprint density at radius 2 is 2.14 bits per heavy atom. The van der Waals surface area contributed by atoms with Gasteiger partial charge >= 0.3 is 0 Å². The first kappa shape index (κ1) is 15.2. The molecule has 3 rings (SSSR count). The van der Waals surface area contributed by atoms with Gasteiger partial charge in [0.05, 0.1) is 16.9 Å². The summed E-state index contributed by atoms with van der Waals surface area (Å²) >= 11 is 7.65. The molecule has 0 atom stereocenters. The molecule has 2 heterocycles. The van der Waals surface area contributed by atoms with Crippen LogP contribution in [-0.2, 0) is 4.79 Å². The van der Waals surface area contributed by atoms with Crippen LogP contribution in [0.4, 0.5) is 0 Å². The highest BCUT2D eigenvalue weighted by Gasteiger charge is 2.22. The van der Waals surface area contributed by atoms with E-state index in [4.69, 9.17) is 21.4 Å². The van der Waals surface area contributed by atoms with Gasteiger partial charge in [0, 0.05) is 6.08 Å². The Labute approximate surface area is 141 Å². The molecule has 1 aromatic carbocycles. The minimum Gasteiger partial charge on any atom is -0.496 e. The molecule has 1 N–H and O–H groups in total. The number of para-hydroxylation sites is 1. The average molecular weight is 349 g/mol. The van der Waals surface area contributed by atoms with Crippen molar-refractivity contribution in [2.24, 2.45) is 0 Å². The highest BCUT2D eigenvalue weighted by molar-refractivity contribution is 8.26. The molecule has 0 radical (unpaired) electrons. The van der Waals surface area contributed by atoms with Gasteiger partial charge in [-0.25, -0.2) is 0 Å². The lowest BCUT2D eigenvalue weighted by atomic mass is 10.3. The molecule has 0 spiro atoms. The van der Waals surface area contributed by atoms with Crippen LogP contribution in [0.5, 0.6) is 5.75 Å². The lowest BCUT2D eigenvalue weighted by Gasteiger charge is -2.05. The predicted molar refractivity (Wildman–Crippen MR) is 92.1 cm³/mol. The largest absolute Gasteiger partial charge is 0.496 e. The van der Waals surface area contributed by atoms with E-state index < -0.39 is 0 Å². The summed E-state index contributed by atoms with van der Waals surface area (Å²) in [6.45, 7) is 0. The number of carbonyl (C=O) groups is 1. The van der Waals surface area contributed by atoms with Crippen molar-refractivity contribution < 1.29 is 13.9 Å². The Balaban J connectivity index is 1.78. The molecule has 4 nitrogen and oxygen atoms in total. The van der Waals surface area contributed by atoms with Crippen molar-refractivity contribution in [3.8, 4) is 5.75 Å². The summed E-state index contributed by atoms with van der Waals surface area (Å²) in [6.07, 6.45) is 1.69. The van der Waals surface area contributed by atoms with Crippen LogP contribution in [-0.4, -0.2) is 17.3 Å². The SMILES string of the molecule is COc1ccccc1Sc1ccc(/C=C2\SC(=S)NC2=O)o1. The third-order valence-corrected chi connectivity index (χ3v) is 4.94. The van der Waals surface area contributed by atoms with Gasteiger partial charge in [0.15, 0.2) is 5.09 Å². The van der Waals surface area contributed by atoms with Crippen LogP contribution >= 0.6 is 35.7 Å². The lowest BCUT2D eigenvalue weighted by molar-refractivity contribution is -0.115. The fourth-order valence-corrected chi connectivity index (χ4v) is 3.74. The van der Waals surface area contributed by atoms with Gasteiger partial charge in [-0.2, -0.15) is 0 Å². The van der Waals surface area contributed by atoms with Gasteiger partial charge in [0.25, 0.3) is 5.91 Å². The van der Waals surface area contributed by atoms with Gasteiger partial charge in [0.2, 0.25) is 0 Å². The molecule has 1 saturated heterocycles. The highest BCUT2D eigenvalue weighted by atomic mass is 32.2. The Morgan fingerprint density at radius 1 is 1.32 bits per heavy atom. The molecule has 1 fully saturated rings. The van der Waals surface area contributed by atoms with E-state index in [9.17, 15) is 4.79 Å². The van der Waals surface area contributed by atoms with Crippen molar-refractivity contribution in [3.05, 3.63) is 47.1 Å². The molecule has 0 bridgehead atoms. The quantitative estimate of drug-likeness (QED) is 0.667. The number of hydrogen-bond donors (Lipinski definition) is 1. The summed E-state index contributed by atoms with van der Waals surface area (Å²) in [5.74, 6) is 1.21. The zero-order valence-corrected chi connectivity index (χ0v) is 13.9. The molecule has 1 amide bonds. The highest BCUT2D eigenvalue weighted by Crippen LogP contribution is 2.36. The van der Waals surface area contributed by atoms with Gasteiger partial charge in [0.1, 0.15) is 15.8 Å². The van der Waals surface area contributed by atoms with E-state index in [1.54, 1.807) is 13.2 Å². The molecule has 22 heavy (non-hydrogen) atoms. The van der Waals surface area contributed by atoms with Crippen molar-refractivity contribution in [3.63, 3.8) is 0 Å². The number of benzene rings is 1. The molecular weight excluding hydrogens is 338 g/mol. The number of thiocarbonyl (C=S) groups is 1. The molecule has 0 aliphatic carbocycles. The third-order valence-electron chi connectivity index (χ3n) is 2.80. The number of amides is 1. The Morgan fingerprint density at radius 3 is 2.86 bits per heavy atom. The second kappa shape index (κ2) is 6.60. The van der Waals surface area contributed by atoms with E-state index in [-0.39, 0.29) is 5.91 Å². The fraction of sp³-hybridized carbons (Fsp3) is 0.0667. The lowest BCUT2D eigenvalue weighted by Crippen LogP contribution is -2.17. The van der Waals surface area contributed by atoms with Gasteiger partial charge in [-0.15, -0.1) is 0 Å². The first-order chi connectivity index (χ1) is 10.7. The van der Waals surface area contributed by atoms with E-state index in [0.29, 0.717) is 15.0 Å². The summed E-state index contributed by atoms with van der Waals surface area (Å²) in [6, 6.07) is 11.4. The van der Waals surface area contributed by atoms with E-state index in [0.717, 1.165) is 15.7 Å². The van der Waals surface area contributed by atoms with Crippen LogP contribution < -0.4 is 10.1 Å². The third kappa shape index (κ3) is 3.37. The molecule has 112 valence electrons. The molecule has 0 saturated carbocycles. The number of methoxy groups -OCH3 is 1. The molecule has 0 unspecified atom stereocenters. The topological polar surface area (TPSA) is 51.5 Å². The minimum absolute atomic E-state index is 0.190. The maximum Gasteiger partial charge on any atom is 0.263 e. The Kier molecular flexibility index (Phi) is 4.56. The van der Waals surface area contributed by atoms with Crippen LogP contribution in [0.25, 0.3) is 6.08 Å². The molecule has 1 aliphatic rings. The molecule has 2 aromatic rings. The normalized spacial score (nSPS) is 16.1. The molecular formula is C15H11NO3S3. The van der Waals surface area contributed by atoms with Crippen LogP contribution in [0.3, 0.4) is 0 Å². The first-order valence-electron chi connectivity index (χ1n) is 6.31. The van der Waals surface area contributed by atoms with Crippen LogP contribution in [0.2, 0.25) is 0 Å². The monoisotopic (exact) mass is 349 g/mol. The standard InChI is InChI=1S/C15H11NO3S3/c1-18-10-4-2-3-5-11(10)21-13-7-6-9(19-13)8-12-14(17)16-15(20)22-12/h2-8H,1H3,(H,16,17,20)/b12-8-. The smallest absolute Gasteiger partial charge is 0.263 e. The van der Waals surface area contributed by atoms with E-state index in [1.807, 2.05) is 36.4 Å². The number of thioether (sulfide) groups is 1. The number of rotatable bonds is 4. The summed E-state index contributed by atoms with van der Waals surface area (Å²) < 4.78 is 11.5. The van der Waals surface area contributed by atoms with Crippen LogP contribution in [0.15, 0.2) is 55.7 Å². The molecule has 7 heteroatoms. The van der Waals surface area contributed by atoms with Gasteiger partial charge in [-0.1, -0.05) is 36.1 Å². The maximum atomic E-state index is 11.6. The van der Waals surface area contributed by atoms with Crippen molar-refractivity contribution in [1.29, 1.82) is 0 Å². The summed E-state index contributed by atoms with van der Waals surface area (Å²) in [5, 5.41) is 3.30. The zero-order chi connectivity index (χ0) is 15.5. The Bertz CT molecular complexity index is 767. The maximum absolute atomic E-state index is 11.6. The Hall–Kier alpha value is -1.70. The van der Waals surface area contributed by atoms with Gasteiger partial charge in [-0.3, -0.25) is 4.79 Å². The van der Waals surface area contributed by atoms with E-state index >= 15 is 0 Å². The molecule has 1 aliphatic heterocycles. The zero-order valence-electron chi connectivity index (χ0n) is 11.5. The number of carbonyl (C=O) groups excluding carboxylic acids is 1. The second-order valence-corrected chi connectivity index (χ2v) is 7.03. The number of ether oxygens (including phenoxy) is 1. The van der Waals surface area contributed by atoms with E-state index in [2.05, 4.69) is 5.32 Å². The predicted octanol–water partition coefficient (Wildman–Crippen LogP) is 3.93. The first-order valence-corrected chi connectivity index (χ1v) is 8.35. The number of nitrogens with one attached hydrogen (secondary N) is 1. The van der Waals surface area contributed by atoms with Crippen molar-refractivity contribution in [1.82, 2.24) is 5.32 Å². The summed E-state index contributed by atoms with van der Waals surface area (Å²) in [7, 11) is 1.64. The minimum atomic E-state index is -0.190. The second-order valence-electron chi connectivity index (χ2n) is 4.26. The van der Waals surface area contributed by atoms with Crippen molar-refractivity contribution in [2.45, 2.75) is 9.99 Å². The number of hydrogen-bond acceptors (Lipinski definition) is 6. The van der Waals surface area contributed by atoms with Crippen molar-refractivity contribution in [2.75, 3.05) is 7.11 Å². The van der Waals surface area contributed by atoms with Gasteiger partial charge in [-0.05, 0) is 36.0 Å². The summed E-state index contributed by atoms with van der Waals surface area (Å²) in [5.41, 5.74) is 0. The van der Waals surface area contributed by atoms with Crippen molar-refractivity contribution >= 4 is 52.0 Å². The summed E-state index contributed by atoms with van der Waals surface area (Å²) in [4.78, 5) is 13.1. The van der Waals surface area contributed by atoms with Gasteiger partial charge < -0.3 is 14.5 Å². The fourth-order valence-electron chi connectivity index (χ4n) is 1.83. The average Bonchev–Trinajstić information content (AvgIpc) is 3.06. The van der Waals surface area contributed by atoms with Crippen LogP contribution in [0, 0.1) is 0 Å². The number of furan rings is 1. The van der Waals surface area contributed by atoms with E-state index in [1.165, 1.54) is 23.5 Å². The molecule has 1 aromatic heterocycles.